The second-order valence-electron chi connectivity index (χ2n) is 7.26. The molecule has 2 aromatic carbocycles. The highest BCUT2D eigenvalue weighted by molar-refractivity contribution is 7.98. The smallest absolute Gasteiger partial charge is 0.242 e. The van der Waals surface area contributed by atoms with Crippen molar-refractivity contribution in [2.45, 2.75) is 51.4 Å². The molecule has 0 aromatic heterocycles. The lowest BCUT2D eigenvalue weighted by Gasteiger charge is -2.29. The summed E-state index contributed by atoms with van der Waals surface area (Å²) in [5.41, 5.74) is 2.02. The van der Waals surface area contributed by atoms with E-state index in [2.05, 4.69) is 24.4 Å². The van der Waals surface area contributed by atoms with E-state index in [4.69, 9.17) is 0 Å². The Morgan fingerprint density at radius 2 is 1.77 bits per heavy atom. The fraction of sp³-hybridized carbons (Fsp3) is 0.417. The average Bonchev–Trinajstić information content (AvgIpc) is 2.76. The molecule has 0 aliphatic carbocycles. The summed E-state index contributed by atoms with van der Waals surface area (Å²) in [6.45, 7) is 4.70. The summed E-state index contributed by atoms with van der Waals surface area (Å²) in [7, 11) is 0. The van der Waals surface area contributed by atoms with E-state index in [0.29, 0.717) is 18.7 Å². The molecule has 2 aromatic rings. The van der Waals surface area contributed by atoms with Crippen LogP contribution >= 0.6 is 11.8 Å². The molecule has 6 heteroatoms. The molecule has 162 valence electrons. The lowest BCUT2D eigenvalue weighted by molar-refractivity contribution is -0.140. The van der Waals surface area contributed by atoms with Gasteiger partial charge in [-0.15, -0.1) is 0 Å². The number of hydrogen-bond acceptors (Lipinski definition) is 3. The van der Waals surface area contributed by atoms with Gasteiger partial charge in [-0.05, 0) is 36.6 Å². The third-order valence-electron chi connectivity index (χ3n) is 4.83. The molecule has 2 rings (SSSR count). The summed E-state index contributed by atoms with van der Waals surface area (Å²) in [4.78, 5) is 27.1. The average molecular weight is 431 g/mol. The zero-order chi connectivity index (χ0) is 21.8. The van der Waals surface area contributed by atoms with Gasteiger partial charge in [-0.25, -0.2) is 4.39 Å². The van der Waals surface area contributed by atoms with Crippen molar-refractivity contribution in [3.8, 4) is 0 Å². The van der Waals surface area contributed by atoms with Crippen molar-refractivity contribution in [1.82, 2.24) is 10.2 Å². The summed E-state index contributed by atoms with van der Waals surface area (Å²) < 4.78 is 13.2. The molecule has 0 saturated heterocycles. The van der Waals surface area contributed by atoms with E-state index in [1.54, 1.807) is 35.7 Å². The van der Waals surface area contributed by atoms with Crippen LogP contribution in [0.2, 0.25) is 0 Å². The van der Waals surface area contributed by atoms with Gasteiger partial charge in [0.2, 0.25) is 11.8 Å². The zero-order valence-corrected chi connectivity index (χ0v) is 18.6. The molecule has 30 heavy (non-hydrogen) atoms. The molecule has 1 N–H and O–H groups in total. The van der Waals surface area contributed by atoms with E-state index in [1.165, 1.54) is 17.7 Å². The molecule has 0 saturated carbocycles. The van der Waals surface area contributed by atoms with Crippen LogP contribution in [0.1, 0.15) is 44.2 Å². The Morgan fingerprint density at radius 3 is 2.43 bits per heavy atom. The number of hydrogen-bond donors (Lipinski definition) is 1. The Balaban J connectivity index is 1.96. The number of nitrogens with one attached hydrogen (secondary N) is 1. The van der Waals surface area contributed by atoms with Gasteiger partial charge in [0, 0.05) is 31.0 Å². The first-order chi connectivity index (χ1) is 14.5. The van der Waals surface area contributed by atoms with E-state index in [1.807, 2.05) is 18.2 Å². The number of halogens is 1. The van der Waals surface area contributed by atoms with Gasteiger partial charge in [0.05, 0.1) is 0 Å². The second kappa shape index (κ2) is 13.1. The number of unbranched alkanes of at least 4 members (excludes halogenated alkanes) is 1. The number of rotatable bonds is 12. The molecule has 0 heterocycles. The third kappa shape index (κ3) is 8.19. The lowest BCUT2D eigenvalue weighted by atomic mass is 10.1. The zero-order valence-electron chi connectivity index (χ0n) is 17.8. The van der Waals surface area contributed by atoms with Gasteiger partial charge >= 0.3 is 0 Å². The van der Waals surface area contributed by atoms with Crippen LogP contribution in [-0.4, -0.2) is 35.1 Å². The molecular weight excluding hydrogens is 399 g/mol. The summed E-state index contributed by atoms with van der Waals surface area (Å²) in [5.74, 6) is 0.977. The molecule has 2 amide bonds. The Kier molecular flexibility index (Phi) is 10.4. The van der Waals surface area contributed by atoms with E-state index in [0.717, 1.165) is 24.2 Å². The number of amides is 2. The lowest BCUT2D eigenvalue weighted by Crippen LogP contribution is -2.47. The Morgan fingerprint density at radius 1 is 1.07 bits per heavy atom. The first kappa shape index (κ1) is 23.9. The number of nitrogens with zero attached hydrogens (tertiary/aromatic N) is 1. The van der Waals surface area contributed by atoms with Crippen molar-refractivity contribution in [3.05, 3.63) is 71.5 Å². The van der Waals surface area contributed by atoms with Crippen molar-refractivity contribution >= 4 is 23.6 Å². The van der Waals surface area contributed by atoms with Gasteiger partial charge in [0.15, 0.2) is 0 Å². The molecule has 1 atom stereocenters. The summed E-state index contributed by atoms with van der Waals surface area (Å²) in [6.07, 6.45) is 2.25. The monoisotopic (exact) mass is 430 g/mol. The van der Waals surface area contributed by atoms with Gasteiger partial charge in [0.25, 0.3) is 0 Å². The SMILES string of the molecule is CCCCNC(=O)C(C)N(Cc1ccc(F)cc1)C(=O)CCSCc1ccccc1. The molecular formula is C24H31FN2O2S. The van der Waals surface area contributed by atoms with Crippen LogP contribution in [0, 0.1) is 5.82 Å². The van der Waals surface area contributed by atoms with Gasteiger partial charge in [-0.2, -0.15) is 11.8 Å². The van der Waals surface area contributed by atoms with Crippen LogP contribution in [-0.2, 0) is 21.9 Å². The van der Waals surface area contributed by atoms with Crippen LogP contribution in [0.5, 0.6) is 0 Å². The predicted molar refractivity (Wildman–Crippen MR) is 122 cm³/mol. The molecule has 0 spiro atoms. The summed E-state index contributed by atoms with van der Waals surface area (Å²) in [5, 5.41) is 2.90. The van der Waals surface area contributed by atoms with E-state index >= 15 is 0 Å². The normalized spacial score (nSPS) is 11.7. The molecule has 0 aliphatic rings. The third-order valence-corrected chi connectivity index (χ3v) is 5.87. The highest BCUT2D eigenvalue weighted by Crippen LogP contribution is 2.16. The molecule has 0 radical (unpaired) electrons. The molecule has 0 fully saturated rings. The van der Waals surface area contributed by atoms with Crippen molar-refractivity contribution < 1.29 is 14.0 Å². The van der Waals surface area contributed by atoms with Gasteiger partial charge in [-0.1, -0.05) is 55.8 Å². The maximum atomic E-state index is 13.2. The van der Waals surface area contributed by atoms with Gasteiger partial charge in [-0.3, -0.25) is 9.59 Å². The highest BCUT2D eigenvalue weighted by atomic mass is 32.2. The van der Waals surface area contributed by atoms with Crippen molar-refractivity contribution in [1.29, 1.82) is 0 Å². The second-order valence-corrected chi connectivity index (χ2v) is 8.36. The van der Waals surface area contributed by atoms with Crippen LogP contribution in [0.25, 0.3) is 0 Å². The number of thioether (sulfide) groups is 1. The van der Waals surface area contributed by atoms with Crippen LogP contribution < -0.4 is 5.32 Å². The molecule has 4 nitrogen and oxygen atoms in total. The van der Waals surface area contributed by atoms with E-state index in [9.17, 15) is 14.0 Å². The highest BCUT2D eigenvalue weighted by Gasteiger charge is 2.25. The van der Waals surface area contributed by atoms with Crippen molar-refractivity contribution in [3.63, 3.8) is 0 Å². The fourth-order valence-electron chi connectivity index (χ4n) is 2.97. The number of benzene rings is 2. The van der Waals surface area contributed by atoms with Crippen LogP contribution in [0.15, 0.2) is 54.6 Å². The predicted octanol–water partition coefficient (Wildman–Crippen LogP) is 4.78. The standard InChI is InChI=1S/C24H31FN2O2S/c1-3-4-15-26-24(29)19(2)27(17-20-10-12-22(25)13-11-20)23(28)14-16-30-18-21-8-6-5-7-9-21/h5-13,19H,3-4,14-18H2,1-2H3,(H,26,29). The Bertz CT molecular complexity index is 784. The Labute approximate surface area is 183 Å². The molecule has 1 unspecified atom stereocenters. The number of carbonyl (C=O) groups is 2. The molecule has 0 aliphatic heterocycles. The summed E-state index contributed by atoms with van der Waals surface area (Å²) >= 11 is 1.70. The minimum Gasteiger partial charge on any atom is -0.354 e. The quantitative estimate of drug-likeness (QED) is 0.493. The van der Waals surface area contributed by atoms with E-state index < -0.39 is 6.04 Å². The maximum absolute atomic E-state index is 13.2. The van der Waals surface area contributed by atoms with Crippen molar-refractivity contribution in [2.24, 2.45) is 0 Å². The van der Waals surface area contributed by atoms with E-state index in [-0.39, 0.29) is 24.2 Å². The molecule has 0 bridgehead atoms. The first-order valence-electron chi connectivity index (χ1n) is 10.4. The maximum Gasteiger partial charge on any atom is 0.242 e. The topological polar surface area (TPSA) is 49.4 Å². The van der Waals surface area contributed by atoms with Crippen LogP contribution in [0.3, 0.4) is 0 Å². The fourth-order valence-corrected chi connectivity index (χ4v) is 3.86. The minimum absolute atomic E-state index is 0.0713. The minimum atomic E-state index is -0.585. The van der Waals surface area contributed by atoms with Crippen molar-refractivity contribution in [2.75, 3.05) is 12.3 Å². The van der Waals surface area contributed by atoms with Gasteiger partial charge < -0.3 is 10.2 Å². The first-order valence-corrected chi connectivity index (χ1v) is 11.6. The Hall–Kier alpha value is -2.34. The summed E-state index contributed by atoms with van der Waals surface area (Å²) in [6, 6.07) is 15.6. The van der Waals surface area contributed by atoms with Crippen LogP contribution in [0.4, 0.5) is 4.39 Å². The number of carbonyl (C=O) groups excluding carboxylic acids is 2. The largest absolute Gasteiger partial charge is 0.354 e. The van der Waals surface area contributed by atoms with Gasteiger partial charge in [0.1, 0.15) is 11.9 Å².